The standard InChI is InChI=1S/C32H32F4N6O2/c1-4-27(38-31(43)39-29-6-5-17-41(29)28-16-11-23(33)18-26(28)20(2)3)21-7-9-22(10-8-21)30-37-19-42(40-30)24-12-14-25(15-13-24)44-32(34,35)36/h7-16,18-20,27H,4-6,17H2,1-3H3,(H,38,43)/b39-29+. The lowest BCUT2D eigenvalue weighted by molar-refractivity contribution is -0.274. The molecule has 0 bridgehead atoms. The van der Waals surface area contributed by atoms with Gasteiger partial charge in [0.05, 0.1) is 11.7 Å². The predicted octanol–water partition coefficient (Wildman–Crippen LogP) is 7.96. The zero-order chi connectivity index (χ0) is 31.4. The number of alkyl halides is 3. The lowest BCUT2D eigenvalue weighted by Crippen LogP contribution is -2.30. The van der Waals surface area contributed by atoms with Gasteiger partial charge in [-0.1, -0.05) is 45.0 Å². The number of ether oxygens (including phenoxy) is 1. The van der Waals surface area contributed by atoms with Crippen LogP contribution >= 0.6 is 0 Å². The first-order valence-corrected chi connectivity index (χ1v) is 14.3. The highest BCUT2D eigenvalue weighted by atomic mass is 19.4. The van der Waals surface area contributed by atoms with Crippen molar-refractivity contribution < 1.29 is 27.1 Å². The molecule has 1 saturated heterocycles. The van der Waals surface area contributed by atoms with Crippen molar-refractivity contribution in [3.63, 3.8) is 0 Å². The van der Waals surface area contributed by atoms with Gasteiger partial charge in [0.25, 0.3) is 0 Å². The Bertz CT molecular complexity index is 1630. The van der Waals surface area contributed by atoms with Crippen molar-refractivity contribution in [2.24, 2.45) is 4.99 Å². The van der Waals surface area contributed by atoms with Crippen molar-refractivity contribution in [3.05, 3.63) is 90.0 Å². The Hall–Kier alpha value is -4.74. The summed E-state index contributed by atoms with van der Waals surface area (Å²) in [5.74, 6) is 0.585. The smallest absolute Gasteiger partial charge is 0.406 e. The minimum atomic E-state index is -4.76. The van der Waals surface area contributed by atoms with Crippen molar-refractivity contribution in [1.82, 2.24) is 20.1 Å². The van der Waals surface area contributed by atoms with Gasteiger partial charge in [-0.3, -0.25) is 0 Å². The zero-order valence-corrected chi connectivity index (χ0v) is 24.5. The summed E-state index contributed by atoms with van der Waals surface area (Å²) in [4.78, 5) is 23.8. The number of hydrogen-bond acceptors (Lipinski definition) is 4. The average molecular weight is 609 g/mol. The molecule has 3 aromatic carbocycles. The molecule has 1 aliphatic heterocycles. The van der Waals surface area contributed by atoms with E-state index in [4.69, 9.17) is 0 Å². The first-order valence-electron chi connectivity index (χ1n) is 14.3. The number of nitrogens with zero attached hydrogens (tertiary/aromatic N) is 5. The highest BCUT2D eigenvalue weighted by molar-refractivity contribution is 6.05. The maximum absolute atomic E-state index is 13.9. The number of amidine groups is 1. The fourth-order valence-corrected chi connectivity index (χ4v) is 5.17. The van der Waals surface area contributed by atoms with E-state index in [-0.39, 0.29) is 23.5 Å². The second-order valence-electron chi connectivity index (χ2n) is 10.7. The number of halogens is 4. The van der Waals surface area contributed by atoms with Gasteiger partial charge >= 0.3 is 12.4 Å². The van der Waals surface area contributed by atoms with Gasteiger partial charge < -0.3 is 15.0 Å². The summed E-state index contributed by atoms with van der Waals surface area (Å²) >= 11 is 0. The van der Waals surface area contributed by atoms with Crippen LogP contribution in [0.2, 0.25) is 0 Å². The van der Waals surface area contributed by atoms with Gasteiger partial charge in [0.2, 0.25) is 0 Å². The number of carbonyl (C=O) groups excluding carboxylic acids is 1. The van der Waals surface area contributed by atoms with Crippen LogP contribution in [0.5, 0.6) is 5.75 Å². The molecule has 5 rings (SSSR count). The Morgan fingerprint density at radius 3 is 2.45 bits per heavy atom. The quantitative estimate of drug-likeness (QED) is 0.205. The molecule has 8 nitrogen and oxygen atoms in total. The summed E-state index contributed by atoms with van der Waals surface area (Å²) in [6.45, 7) is 6.69. The van der Waals surface area contributed by atoms with E-state index in [0.717, 1.165) is 28.8 Å². The summed E-state index contributed by atoms with van der Waals surface area (Å²) in [5, 5.41) is 7.44. The van der Waals surface area contributed by atoms with E-state index < -0.39 is 12.4 Å². The monoisotopic (exact) mass is 608 g/mol. The fraction of sp³-hybridized carbons (Fsp3) is 0.312. The summed E-state index contributed by atoms with van der Waals surface area (Å²) in [7, 11) is 0. The number of benzene rings is 3. The largest absolute Gasteiger partial charge is 0.573 e. The molecule has 44 heavy (non-hydrogen) atoms. The Balaban J connectivity index is 1.26. The van der Waals surface area contributed by atoms with Gasteiger partial charge in [-0.2, -0.15) is 4.99 Å². The van der Waals surface area contributed by atoms with Gasteiger partial charge in [0, 0.05) is 24.2 Å². The van der Waals surface area contributed by atoms with Crippen LogP contribution in [-0.2, 0) is 0 Å². The molecular formula is C32H32F4N6O2. The van der Waals surface area contributed by atoms with Crippen molar-refractivity contribution >= 4 is 17.6 Å². The molecule has 0 spiro atoms. The molecule has 4 aromatic rings. The van der Waals surface area contributed by atoms with Crippen LogP contribution in [0.3, 0.4) is 0 Å². The molecule has 1 unspecified atom stereocenters. The molecule has 2 heterocycles. The number of urea groups is 1. The highest BCUT2D eigenvalue weighted by Gasteiger charge is 2.31. The van der Waals surface area contributed by atoms with E-state index in [1.54, 1.807) is 12.1 Å². The van der Waals surface area contributed by atoms with E-state index in [9.17, 15) is 22.4 Å². The molecular weight excluding hydrogens is 576 g/mol. The molecule has 230 valence electrons. The number of hydrogen-bond donors (Lipinski definition) is 1. The van der Waals surface area contributed by atoms with Gasteiger partial charge in [-0.15, -0.1) is 18.3 Å². The topological polar surface area (TPSA) is 84.6 Å². The second kappa shape index (κ2) is 12.9. The highest BCUT2D eigenvalue weighted by Crippen LogP contribution is 2.32. The number of anilines is 1. The van der Waals surface area contributed by atoms with E-state index in [0.29, 0.717) is 36.7 Å². The summed E-state index contributed by atoms with van der Waals surface area (Å²) < 4.78 is 56.6. The molecule has 1 N–H and O–H groups in total. The average Bonchev–Trinajstić information content (AvgIpc) is 3.66. The number of amides is 2. The van der Waals surface area contributed by atoms with Crippen LogP contribution in [0.15, 0.2) is 78.0 Å². The zero-order valence-electron chi connectivity index (χ0n) is 24.5. The molecule has 0 saturated carbocycles. The van der Waals surface area contributed by atoms with Gasteiger partial charge in [-0.05, 0) is 72.4 Å². The molecule has 12 heteroatoms. The summed E-state index contributed by atoms with van der Waals surface area (Å²) in [6, 6.07) is 16.8. The Morgan fingerprint density at radius 2 is 1.80 bits per heavy atom. The minimum Gasteiger partial charge on any atom is -0.406 e. The van der Waals surface area contributed by atoms with Crippen LogP contribution in [0.25, 0.3) is 17.1 Å². The third kappa shape index (κ3) is 7.24. The Kier molecular flexibility index (Phi) is 8.98. The SMILES string of the molecule is CCC(NC(=O)/N=C1\CCCN1c1ccc(F)cc1C(C)C)c1ccc(-c2ncn(-c3ccc(OC(F)(F)F)cc3)n2)cc1. The first-order chi connectivity index (χ1) is 21.0. The summed E-state index contributed by atoms with van der Waals surface area (Å²) in [6.07, 6.45) is -1.16. The van der Waals surface area contributed by atoms with Crippen molar-refractivity contribution in [2.45, 2.75) is 58.4 Å². The van der Waals surface area contributed by atoms with Crippen LogP contribution in [0, 0.1) is 5.82 Å². The number of aromatic nitrogens is 3. The predicted molar refractivity (Wildman–Crippen MR) is 160 cm³/mol. The molecule has 1 fully saturated rings. The third-order valence-corrected chi connectivity index (χ3v) is 7.33. The number of rotatable bonds is 8. The van der Waals surface area contributed by atoms with E-state index in [1.807, 2.05) is 49.9 Å². The molecule has 0 aliphatic carbocycles. The van der Waals surface area contributed by atoms with E-state index >= 15 is 0 Å². The van der Waals surface area contributed by atoms with E-state index in [1.165, 1.54) is 41.3 Å². The van der Waals surface area contributed by atoms with Crippen LogP contribution in [0.4, 0.5) is 28.0 Å². The lowest BCUT2D eigenvalue weighted by Gasteiger charge is -2.24. The normalized spacial score (nSPS) is 15.2. The van der Waals surface area contributed by atoms with Gasteiger partial charge in [0.1, 0.15) is 23.7 Å². The van der Waals surface area contributed by atoms with Crippen molar-refractivity contribution in [2.75, 3.05) is 11.4 Å². The van der Waals surface area contributed by atoms with Gasteiger partial charge in [-0.25, -0.2) is 18.9 Å². The van der Waals surface area contributed by atoms with Crippen molar-refractivity contribution in [3.8, 4) is 22.8 Å². The number of nitrogens with one attached hydrogen (secondary N) is 1. The second-order valence-corrected chi connectivity index (χ2v) is 10.7. The number of aliphatic imine (C=N–C) groups is 1. The molecule has 1 aliphatic rings. The van der Waals surface area contributed by atoms with Crippen LogP contribution < -0.4 is 15.0 Å². The van der Waals surface area contributed by atoms with Crippen LogP contribution in [0.1, 0.15) is 63.1 Å². The Morgan fingerprint density at radius 1 is 1.07 bits per heavy atom. The fourth-order valence-electron chi connectivity index (χ4n) is 5.17. The molecule has 1 atom stereocenters. The first kappa shape index (κ1) is 30.7. The number of carbonyl (C=O) groups is 1. The molecule has 0 radical (unpaired) electrons. The van der Waals surface area contributed by atoms with Gasteiger partial charge in [0.15, 0.2) is 5.82 Å². The Labute approximate surface area is 252 Å². The maximum Gasteiger partial charge on any atom is 0.573 e. The molecule has 2 amide bonds. The van der Waals surface area contributed by atoms with Crippen LogP contribution in [-0.4, -0.2) is 39.5 Å². The van der Waals surface area contributed by atoms with E-state index in [2.05, 4.69) is 25.1 Å². The third-order valence-electron chi connectivity index (χ3n) is 7.33. The minimum absolute atomic E-state index is 0.112. The summed E-state index contributed by atoms with van der Waals surface area (Å²) in [5.41, 5.74) is 3.88. The molecule has 1 aromatic heterocycles. The lowest BCUT2D eigenvalue weighted by atomic mass is 10.0. The van der Waals surface area contributed by atoms with Crippen molar-refractivity contribution in [1.29, 1.82) is 0 Å². The maximum atomic E-state index is 13.9.